The smallest absolute Gasteiger partial charge is 0.115 e. The average molecular weight is 287 g/mol. The van der Waals surface area contributed by atoms with Gasteiger partial charge < -0.3 is 5.11 Å². The maximum Gasteiger partial charge on any atom is 0.115 e. The number of nitrogens with zero attached hydrogens (tertiary/aromatic N) is 1. The normalized spacial score (nSPS) is 26.7. The van der Waals surface area contributed by atoms with E-state index in [2.05, 4.69) is 38.3 Å². The molecule has 1 fully saturated rings. The number of piperidine rings is 1. The predicted molar refractivity (Wildman–Crippen MR) is 89.4 cm³/mol. The zero-order chi connectivity index (χ0) is 15.4. The van der Waals surface area contributed by atoms with Crippen molar-refractivity contribution in [3.8, 4) is 5.75 Å². The van der Waals surface area contributed by atoms with Crippen LogP contribution in [0.15, 0.2) is 36.4 Å². The van der Waals surface area contributed by atoms with Crippen molar-refractivity contribution < 1.29 is 5.11 Å². The van der Waals surface area contributed by atoms with Crippen LogP contribution in [0.2, 0.25) is 0 Å². The monoisotopic (exact) mass is 287 g/mol. The average Bonchev–Trinajstić information content (AvgIpc) is 2.42. The molecule has 1 saturated heterocycles. The predicted octanol–water partition coefficient (Wildman–Crippen LogP) is 4.77. The van der Waals surface area contributed by atoms with Crippen molar-refractivity contribution in [2.75, 3.05) is 13.1 Å². The van der Waals surface area contributed by atoms with Crippen LogP contribution in [0.25, 0.3) is 0 Å². The van der Waals surface area contributed by atoms with Crippen LogP contribution in [0, 0.1) is 11.8 Å². The van der Waals surface area contributed by atoms with Crippen molar-refractivity contribution in [3.05, 3.63) is 42.0 Å². The molecule has 21 heavy (non-hydrogen) atoms. The number of aromatic hydroxyl groups is 1. The summed E-state index contributed by atoms with van der Waals surface area (Å²) >= 11 is 0. The number of phenolic OH excluding ortho intramolecular Hbond substituents is 1. The molecule has 3 atom stereocenters. The molecular weight excluding hydrogens is 258 g/mol. The summed E-state index contributed by atoms with van der Waals surface area (Å²) in [7, 11) is 0. The van der Waals surface area contributed by atoms with Gasteiger partial charge in [0.25, 0.3) is 0 Å². The number of hydrogen-bond acceptors (Lipinski definition) is 2. The van der Waals surface area contributed by atoms with Crippen LogP contribution in [-0.4, -0.2) is 23.1 Å². The molecule has 1 heterocycles. The van der Waals surface area contributed by atoms with Crippen molar-refractivity contribution in [2.45, 2.75) is 46.1 Å². The van der Waals surface area contributed by atoms with Gasteiger partial charge >= 0.3 is 0 Å². The summed E-state index contributed by atoms with van der Waals surface area (Å²) in [6.07, 6.45) is 3.54. The summed E-state index contributed by atoms with van der Waals surface area (Å²) < 4.78 is 0. The molecule has 0 aromatic heterocycles. The van der Waals surface area contributed by atoms with Gasteiger partial charge in [0.05, 0.1) is 0 Å². The van der Waals surface area contributed by atoms with Crippen LogP contribution in [0.5, 0.6) is 5.75 Å². The number of likely N-dealkylation sites (tertiary alicyclic amines) is 1. The fourth-order valence-corrected chi connectivity index (χ4v) is 3.47. The first-order chi connectivity index (χ1) is 9.99. The molecule has 1 N–H and O–H groups in total. The second-order valence-corrected chi connectivity index (χ2v) is 6.76. The quantitative estimate of drug-likeness (QED) is 0.789. The Morgan fingerprint density at radius 2 is 2.14 bits per heavy atom. The molecule has 1 aromatic carbocycles. The molecule has 0 amide bonds. The molecule has 2 nitrogen and oxygen atoms in total. The Morgan fingerprint density at radius 3 is 2.81 bits per heavy atom. The maximum absolute atomic E-state index is 9.80. The Bertz CT molecular complexity index is 482. The second kappa shape index (κ2) is 7.13. The van der Waals surface area contributed by atoms with Crippen molar-refractivity contribution >= 4 is 0 Å². The van der Waals surface area contributed by atoms with Crippen LogP contribution in [0.1, 0.15) is 51.6 Å². The molecule has 0 spiro atoms. The number of allylic oxidation sites excluding steroid dienone is 1. The van der Waals surface area contributed by atoms with Gasteiger partial charge in [-0.1, -0.05) is 31.6 Å². The van der Waals surface area contributed by atoms with E-state index in [1.807, 2.05) is 12.1 Å². The van der Waals surface area contributed by atoms with Crippen LogP contribution in [0.3, 0.4) is 0 Å². The van der Waals surface area contributed by atoms with E-state index < -0.39 is 0 Å². The molecule has 0 bridgehead atoms. The summed E-state index contributed by atoms with van der Waals surface area (Å²) in [5.41, 5.74) is 2.52. The summed E-state index contributed by atoms with van der Waals surface area (Å²) in [6.45, 7) is 13.1. The van der Waals surface area contributed by atoms with E-state index in [1.54, 1.807) is 6.07 Å². The van der Waals surface area contributed by atoms with Gasteiger partial charge in [-0.05, 0) is 68.8 Å². The minimum atomic E-state index is 0.375. The first-order valence-electron chi connectivity index (χ1n) is 8.16. The lowest BCUT2D eigenvalue weighted by molar-refractivity contribution is 0.0623. The molecule has 0 saturated carbocycles. The maximum atomic E-state index is 9.80. The van der Waals surface area contributed by atoms with Gasteiger partial charge in [0, 0.05) is 6.04 Å². The van der Waals surface area contributed by atoms with E-state index >= 15 is 0 Å². The third-order valence-electron chi connectivity index (χ3n) is 4.92. The van der Waals surface area contributed by atoms with Crippen LogP contribution >= 0.6 is 0 Å². The van der Waals surface area contributed by atoms with E-state index in [0.29, 0.717) is 17.7 Å². The Balaban J connectivity index is 2.15. The second-order valence-electron chi connectivity index (χ2n) is 6.76. The summed E-state index contributed by atoms with van der Waals surface area (Å²) in [6, 6.07) is 8.23. The van der Waals surface area contributed by atoms with Crippen molar-refractivity contribution in [1.29, 1.82) is 0 Å². The SMILES string of the molecule is C=C(C)CCCN1CCC(C)[C@H](C)[C@H]1c1cccc(O)c1. The van der Waals surface area contributed by atoms with E-state index in [1.165, 1.54) is 24.0 Å². The Kier molecular flexibility index (Phi) is 5.46. The third kappa shape index (κ3) is 4.10. The number of phenols is 1. The lowest BCUT2D eigenvalue weighted by Gasteiger charge is -2.44. The Labute approximate surface area is 129 Å². The highest BCUT2D eigenvalue weighted by Crippen LogP contribution is 2.39. The van der Waals surface area contributed by atoms with Crippen LogP contribution < -0.4 is 0 Å². The number of benzene rings is 1. The van der Waals surface area contributed by atoms with Gasteiger partial charge in [0.2, 0.25) is 0 Å². The molecule has 2 rings (SSSR count). The minimum Gasteiger partial charge on any atom is -0.508 e. The summed E-state index contributed by atoms with van der Waals surface area (Å²) in [5, 5.41) is 9.80. The summed E-state index contributed by atoms with van der Waals surface area (Å²) in [5.74, 6) is 1.72. The van der Waals surface area contributed by atoms with Crippen molar-refractivity contribution in [2.24, 2.45) is 11.8 Å². The third-order valence-corrected chi connectivity index (χ3v) is 4.92. The van der Waals surface area contributed by atoms with Crippen LogP contribution in [0.4, 0.5) is 0 Å². The fraction of sp³-hybridized carbons (Fsp3) is 0.579. The molecule has 1 unspecified atom stereocenters. The van der Waals surface area contributed by atoms with Crippen molar-refractivity contribution in [1.82, 2.24) is 4.90 Å². The van der Waals surface area contributed by atoms with Crippen LogP contribution in [-0.2, 0) is 0 Å². The van der Waals surface area contributed by atoms with Gasteiger partial charge in [0.1, 0.15) is 5.75 Å². The molecule has 0 radical (unpaired) electrons. The number of rotatable bonds is 5. The zero-order valence-electron chi connectivity index (χ0n) is 13.7. The molecule has 1 aliphatic rings. The Hall–Kier alpha value is -1.28. The lowest BCUT2D eigenvalue weighted by Crippen LogP contribution is -2.42. The topological polar surface area (TPSA) is 23.5 Å². The molecule has 0 aliphatic carbocycles. The van der Waals surface area contributed by atoms with Gasteiger partial charge in [-0.15, -0.1) is 6.58 Å². The highest BCUT2D eigenvalue weighted by atomic mass is 16.3. The molecule has 116 valence electrons. The Morgan fingerprint density at radius 1 is 1.38 bits per heavy atom. The molecular formula is C19H29NO. The molecule has 1 aromatic rings. The first kappa shape index (κ1) is 16.1. The van der Waals surface area contributed by atoms with E-state index in [0.717, 1.165) is 25.4 Å². The number of hydrogen-bond donors (Lipinski definition) is 1. The van der Waals surface area contributed by atoms with Gasteiger partial charge in [-0.2, -0.15) is 0 Å². The first-order valence-corrected chi connectivity index (χ1v) is 8.16. The van der Waals surface area contributed by atoms with Gasteiger partial charge in [0.15, 0.2) is 0 Å². The molecule has 1 aliphatic heterocycles. The fourth-order valence-electron chi connectivity index (χ4n) is 3.47. The lowest BCUT2D eigenvalue weighted by atomic mass is 9.79. The van der Waals surface area contributed by atoms with Gasteiger partial charge in [-0.25, -0.2) is 0 Å². The highest BCUT2D eigenvalue weighted by molar-refractivity contribution is 5.30. The molecule has 2 heteroatoms. The largest absolute Gasteiger partial charge is 0.508 e. The van der Waals surface area contributed by atoms with Gasteiger partial charge in [-0.3, -0.25) is 4.90 Å². The van der Waals surface area contributed by atoms with Crippen molar-refractivity contribution in [3.63, 3.8) is 0 Å². The zero-order valence-corrected chi connectivity index (χ0v) is 13.7. The highest BCUT2D eigenvalue weighted by Gasteiger charge is 2.33. The van der Waals surface area contributed by atoms with E-state index in [4.69, 9.17) is 0 Å². The van der Waals surface area contributed by atoms with E-state index in [-0.39, 0.29) is 0 Å². The van der Waals surface area contributed by atoms with E-state index in [9.17, 15) is 5.11 Å². The summed E-state index contributed by atoms with van der Waals surface area (Å²) in [4.78, 5) is 2.60. The standard InChI is InChI=1S/C19H29NO/c1-14(2)7-6-11-20-12-10-15(3)16(4)19(20)17-8-5-9-18(21)13-17/h5,8-9,13,15-16,19,21H,1,6-7,10-12H2,2-4H3/t15?,16-,19-/m0/s1. The minimum absolute atomic E-state index is 0.375.